The lowest BCUT2D eigenvalue weighted by molar-refractivity contribution is 0.294. The van der Waals surface area contributed by atoms with Crippen LogP contribution in [0.2, 0.25) is 0 Å². The minimum absolute atomic E-state index is 0.0159. The molecule has 0 atom stereocenters. The first-order valence-corrected chi connectivity index (χ1v) is 7.32. The van der Waals surface area contributed by atoms with Gasteiger partial charge < -0.3 is 14.6 Å². The largest absolute Gasteiger partial charge is 0.395 e. The average molecular weight is 281 g/mol. The van der Waals surface area contributed by atoms with Gasteiger partial charge in [0.1, 0.15) is 0 Å². The number of hydrogen-bond acceptors (Lipinski definition) is 4. The van der Waals surface area contributed by atoms with Crippen LogP contribution in [0.25, 0.3) is 0 Å². The Morgan fingerprint density at radius 3 is 2.40 bits per heavy atom. The van der Waals surface area contributed by atoms with E-state index in [2.05, 4.69) is 18.8 Å². The molecule has 0 bridgehead atoms. The number of rotatable bonds is 6. The van der Waals surface area contributed by atoms with Gasteiger partial charge in [0.25, 0.3) is 5.56 Å². The third kappa shape index (κ3) is 3.60. The van der Waals surface area contributed by atoms with Gasteiger partial charge in [-0.3, -0.25) is 4.79 Å². The Morgan fingerprint density at radius 1 is 1.35 bits per heavy atom. The zero-order chi connectivity index (χ0) is 15.3. The van der Waals surface area contributed by atoms with Crippen molar-refractivity contribution in [3.8, 4) is 0 Å². The summed E-state index contributed by atoms with van der Waals surface area (Å²) in [7, 11) is 0. The Morgan fingerprint density at radius 2 is 1.95 bits per heavy atom. The van der Waals surface area contributed by atoms with Gasteiger partial charge in [0, 0.05) is 30.5 Å². The third-order valence-electron chi connectivity index (χ3n) is 3.54. The van der Waals surface area contributed by atoms with Crippen LogP contribution >= 0.6 is 0 Å². The van der Waals surface area contributed by atoms with Gasteiger partial charge in [-0.2, -0.15) is 0 Å². The van der Waals surface area contributed by atoms with Crippen molar-refractivity contribution in [1.82, 2.24) is 9.55 Å². The van der Waals surface area contributed by atoms with Gasteiger partial charge >= 0.3 is 0 Å². The maximum absolute atomic E-state index is 12.6. The molecule has 0 aliphatic heterocycles. The standard InChI is InChI=1S/C15H27N3O2/c1-6-12(7-2)17(10-11-19)13-14(20)18(9-8-16-13)15(3,4)5/h8-9,12,19H,6-7,10-11H2,1-5H3. The fourth-order valence-corrected chi connectivity index (χ4v) is 2.43. The molecule has 0 aromatic carbocycles. The van der Waals surface area contributed by atoms with E-state index in [-0.39, 0.29) is 23.7 Å². The first-order chi connectivity index (χ1) is 9.36. The molecule has 114 valence electrons. The van der Waals surface area contributed by atoms with Crippen LogP contribution in [0.5, 0.6) is 0 Å². The molecule has 0 saturated carbocycles. The summed E-state index contributed by atoms with van der Waals surface area (Å²) >= 11 is 0. The highest BCUT2D eigenvalue weighted by atomic mass is 16.3. The molecule has 5 nitrogen and oxygen atoms in total. The molecule has 0 unspecified atom stereocenters. The molecule has 0 aliphatic rings. The topological polar surface area (TPSA) is 58.4 Å². The SMILES string of the molecule is CCC(CC)N(CCO)c1nccn(C(C)(C)C)c1=O. The Labute approximate surface area is 121 Å². The summed E-state index contributed by atoms with van der Waals surface area (Å²) < 4.78 is 1.70. The first kappa shape index (κ1) is 16.7. The summed E-state index contributed by atoms with van der Waals surface area (Å²) in [6.07, 6.45) is 5.22. The summed E-state index contributed by atoms with van der Waals surface area (Å²) in [5.41, 5.74) is -0.381. The second-order valence-corrected chi connectivity index (χ2v) is 5.98. The average Bonchev–Trinajstić information content (AvgIpc) is 2.38. The van der Waals surface area contributed by atoms with Crippen LogP contribution in [-0.2, 0) is 5.54 Å². The van der Waals surface area contributed by atoms with Gasteiger partial charge in [-0.15, -0.1) is 0 Å². The smallest absolute Gasteiger partial charge is 0.293 e. The van der Waals surface area contributed by atoms with Crippen LogP contribution in [0, 0.1) is 0 Å². The summed E-state index contributed by atoms with van der Waals surface area (Å²) in [5, 5.41) is 9.28. The molecule has 0 aliphatic carbocycles. The fourth-order valence-electron chi connectivity index (χ4n) is 2.43. The maximum Gasteiger partial charge on any atom is 0.293 e. The molecule has 0 radical (unpaired) electrons. The van der Waals surface area contributed by atoms with E-state index < -0.39 is 0 Å². The normalized spacial score (nSPS) is 11.9. The lowest BCUT2D eigenvalue weighted by Crippen LogP contribution is -2.44. The van der Waals surface area contributed by atoms with Crippen molar-refractivity contribution in [2.75, 3.05) is 18.1 Å². The van der Waals surface area contributed by atoms with Crippen LogP contribution in [-0.4, -0.2) is 33.9 Å². The highest BCUT2D eigenvalue weighted by Gasteiger charge is 2.23. The Hall–Kier alpha value is -1.36. The zero-order valence-electron chi connectivity index (χ0n) is 13.3. The lowest BCUT2D eigenvalue weighted by atomic mass is 10.1. The fraction of sp³-hybridized carbons (Fsp3) is 0.733. The summed E-state index contributed by atoms with van der Waals surface area (Å²) in [5.74, 6) is 0.435. The quantitative estimate of drug-likeness (QED) is 0.866. The van der Waals surface area contributed by atoms with Crippen LogP contribution in [0.1, 0.15) is 47.5 Å². The van der Waals surface area contributed by atoms with Gasteiger partial charge in [-0.25, -0.2) is 4.98 Å². The lowest BCUT2D eigenvalue weighted by Gasteiger charge is -2.32. The monoisotopic (exact) mass is 281 g/mol. The molecular weight excluding hydrogens is 254 g/mol. The summed E-state index contributed by atoms with van der Waals surface area (Å²) in [6.45, 7) is 10.6. The molecule has 1 heterocycles. The molecule has 1 N–H and O–H groups in total. The minimum atomic E-state index is -0.284. The van der Waals surface area contributed by atoms with Crippen molar-refractivity contribution in [2.24, 2.45) is 0 Å². The van der Waals surface area contributed by atoms with Crippen LogP contribution in [0.15, 0.2) is 17.2 Å². The number of hydrogen-bond donors (Lipinski definition) is 1. The first-order valence-electron chi connectivity index (χ1n) is 7.32. The van der Waals surface area contributed by atoms with E-state index in [1.165, 1.54) is 0 Å². The molecule has 0 amide bonds. The van der Waals surface area contributed by atoms with Crippen molar-refractivity contribution in [2.45, 2.75) is 59.0 Å². The number of anilines is 1. The van der Waals surface area contributed by atoms with Gasteiger partial charge in [0.15, 0.2) is 5.82 Å². The molecule has 1 rings (SSSR count). The van der Waals surface area contributed by atoms with Crippen molar-refractivity contribution >= 4 is 5.82 Å². The van der Waals surface area contributed by atoms with E-state index in [1.807, 2.05) is 25.7 Å². The van der Waals surface area contributed by atoms with Crippen molar-refractivity contribution in [3.63, 3.8) is 0 Å². The van der Waals surface area contributed by atoms with Crippen LogP contribution in [0.3, 0.4) is 0 Å². The third-order valence-corrected chi connectivity index (χ3v) is 3.54. The van der Waals surface area contributed by atoms with E-state index in [1.54, 1.807) is 17.0 Å². The zero-order valence-corrected chi connectivity index (χ0v) is 13.3. The van der Waals surface area contributed by atoms with Crippen LogP contribution < -0.4 is 10.5 Å². The predicted octanol–water partition coefficient (Wildman–Crippen LogP) is 1.99. The number of aliphatic hydroxyl groups excluding tert-OH is 1. The summed E-state index contributed by atoms with van der Waals surface area (Å²) in [6, 6.07) is 0.221. The molecule has 20 heavy (non-hydrogen) atoms. The van der Waals surface area contributed by atoms with Gasteiger partial charge in [-0.05, 0) is 33.6 Å². The second kappa shape index (κ2) is 6.88. The Kier molecular flexibility index (Phi) is 5.74. The molecule has 1 aromatic rings. The van der Waals surface area contributed by atoms with Gasteiger partial charge in [0.2, 0.25) is 0 Å². The molecule has 0 fully saturated rings. The highest BCUT2D eigenvalue weighted by Crippen LogP contribution is 2.16. The highest BCUT2D eigenvalue weighted by molar-refractivity contribution is 5.37. The van der Waals surface area contributed by atoms with Crippen molar-refractivity contribution < 1.29 is 5.11 Å². The van der Waals surface area contributed by atoms with E-state index in [9.17, 15) is 9.90 Å². The maximum atomic E-state index is 12.6. The Balaban J connectivity index is 3.31. The van der Waals surface area contributed by atoms with E-state index in [0.717, 1.165) is 12.8 Å². The molecule has 0 spiro atoms. The second-order valence-electron chi connectivity index (χ2n) is 5.98. The van der Waals surface area contributed by atoms with Crippen LogP contribution in [0.4, 0.5) is 5.82 Å². The van der Waals surface area contributed by atoms with E-state index in [0.29, 0.717) is 12.4 Å². The number of aliphatic hydroxyl groups is 1. The molecule has 5 heteroatoms. The molecular formula is C15H27N3O2. The van der Waals surface area contributed by atoms with Crippen molar-refractivity contribution in [3.05, 3.63) is 22.7 Å². The van der Waals surface area contributed by atoms with Gasteiger partial charge in [0.05, 0.1) is 6.61 Å². The van der Waals surface area contributed by atoms with Gasteiger partial charge in [-0.1, -0.05) is 13.8 Å². The predicted molar refractivity (Wildman–Crippen MR) is 82.3 cm³/mol. The molecule has 1 aromatic heterocycles. The number of aromatic nitrogens is 2. The molecule has 0 saturated heterocycles. The van der Waals surface area contributed by atoms with E-state index in [4.69, 9.17) is 0 Å². The summed E-state index contributed by atoms with van der Waals surface area (Å²) in [4.78, 5) is 18.9. The van der Waals surface area contributed by atoms with Crippen molar-refractivity contribution in [1.29, 1.82) is 0 Å². The Bertz CT molecular complexity index is 473. The number of nitrogens with zero attached hydrogens (tertiary/aromatic N) is 3. The van der Waals surface area contributed by atoms with E-state index >= 15 is 0 Å². The minimum Gasteiger partial charge on any atom is -0.395 e.